The van der Waals surface area contributed by atoms with Crippen LogP contribution in [-0.4, -0.2) is 55.0 Å². The van der Waals surface area contributed by atoms with Crippen molar-refractivity contribution in [3.8, 4) is 0 Å². The number of hydrogen-bond acceptors (Lipinski definition) is 4. The van der Waals surface area contributed by atoms with Gasteiger partial charge in [0.25, 0.3) is 0 Å². The van der Waals surface area contributed by atoms with Crippen LogP contribution in [0.15, 0.2) is 0 Å². The number of amides is 1. The molecular weight excluding hydrogens is 299 g/mol. The minimum absolute atomic E-state index is 0.291. The molecule has 3 N–H and O–H groups in total. The zero-order valence-corrected chi connectivity index (χ0v) is 13.4. The molecule has 0 radical (unpaired) electrons. The maximum Gasteiger partial charge on any atom is 0.407 e. The van der Waals surface area contributed by atoms with Gasteiger partial charge in [0.05, 0.1) is 0 Å². The number of nitrogens with two attached hydrogens (primary N) is 1. The molecule has 1 saturated heterocycles. The van der Waals surface area contributed by atoms with Gasteiger partial charge < -0.3 is 15.8 Å². The Kier molecular flexibility index (Phi) is 6.49. The van der Waals surface area contributed by atoms with Crippen LogP contribution in [0.4, 0.5) is 18.0 Å². The van der Waals surface area contributed by atoms with Gasteiger partial charge in [0, 0.05) is 38.6 Å². The fraction of sp³-hybridized carbons (Fsp3) is 0.929. The van der Waals surface area contributed by atoms with Crippen molar-refractivity contribution >= 4 is 6.09 Å². The van der Waals surface area contributed by atoms with Crippen LogP contribution < -0.4 is 11.1 Å². The second-order valence-corrected chi connectivity index (χ2v) is 6.81. The summed E-state index contributed by atoms with van der Waals surface area (Å²) >= 11 is 0. The van der Waals surface area contributed by atoms with Gasteiger partial charge in [0.1, 0.15) is 5.60 Å². The van der Waals surface area contributed by atoms with E-state index in [0.717, 1.165) is 0 Å². The Balaban J connectivity index is 2.62. The van der Waals surface area contributed by atoms with E-state index in [2.05, 4.69) is 5.32 Å². The summed E-state index contributed by atoms with van der Waals surface area (Å²) in [5, 5.41) is 2.67. The van der Waals surface area contributed by atoms with Gasteiger partial charge in [-0.2, -0.15) is 13.2 Å². The van der Waals surface area contributed by atoms with E-state index in [0.29, 0.717) is 32.6 Å². The van der Waals surface area contributed by atoms with Crippen LogP contribution in [-0.2, 0) is 4.74 Å². The van der Waals surface area contributed by atoms with Crippen molar-refractivity contribution in [1.29, 1.82) is 0 Å². The number of carbonyl (C=O) groups excluding carboxylic acids is 1. The first kappa shape index (κ1) is 19.0. The molecule has 1 fully saturated rings. The third-order valence-electron chi connectivity index (χ3n) is 3.30. The molecule has 1 heterocycles. The number of carbonyl (C=O) groups is 1. The standard InChI is InChI=1S/C14H26F3N3O2/c1-13(2,3)22-12(21)19-11-6-10(7-14(15,16)17)8-20(9-11)5-4-18/h10-11H,4-9,18H2,1-3H3,(H,19,21). The van der Waals surface area contributed by atoms with Crippen molar-refractivity contribution in [3.63, 3.8) is 0 Å². The summed E-state index contributed by atoms with van der Waals surface area (Å²) in [5.41, 5.74) is 4.85. The van der Waals surface area contributed by atoms with Crippen LogP contribution in [0.2, 0.25) is 0 Å². The number of halogens is 3. The monoisotopic (exact) mass is 325 g/mol. The molecule has 0 aliphatic carbocycles. The first-order valence-corrected chi connectivity index (χ1v) is 7.47. The van der Waals surface area contributed by atoms with Gasteiger partial charge in [0.15, 0.2) is 0 Å². The number of likely N-dealkylation sites (tertiary alicyclic amines) is 1. The molecule has 130 valence electrons. The molecule has 1 aliphatic rings. The van der Waals surface area contributed by atoms with E-state index in [-0.39, 0.29) is 6.04 Å². The summed E-state index contributed by atoms with van der Waals surface area (Å²) < 4.78 is 43.0. The summed E-state index contributed by atoms with van der Waals surface area (Å²) in [5.74, 6) is -0.541. The van der Waals surface area contributed by atoms with Crippen LogP contribution in [0, 0.1) is 5.92 Å². The Hall–Kier alpha value is -1.02. The molecule has 0 aromatic carbocycles. The Morgan fingerprint density at radius 1 is 1.32 bits per heavy atom. The van der Waals surface area contributed by atoms with E-state index in [1.807, 2.05) is 4.90 Å². The number of piperidine rings is 1. The van der Waals surface area contributed by atoms with Crippen molar-refractivity contribution in [3.05, 3.63) is 0 Å². The number of alkyl carbamates (subject to hydrolysis) is 1. The molecule has 1 amide bonds. The molecule has 0 saturated carbocycles. The predicted molar refractivity (Wildman–Crippen MR) is 77.4 cm³/mol. The van der Waals surface area contributed by atoms with E-state index in [9.17, 15) is 18.0 Å². The predicted octanol–water partition coefficient (Wildman–Crippen LogP) is 2.11. The van der Waals surface area contributed by atoms with E-state index >= 15 is 0 Å². The molecule has 2 unspecified atom stereocenters. The largest absolute Gasteiger partial charge is 0.444 e. The number of hydrogen-bond donors (Lipinski definition) is 2. The van der Waals surface area contributed by atoms with Crippen LogP contribution in [0.25, 0.3) is 0 Å². The first-order valence-electron chi connectivity index (χ1n) is 7.47. The molecular formula is C14H26F3N3O2. The Labute approximate surface area is 129 Å². The summed E-state index contributed by atoms with van der Waals surface area (Å²) in [6.45, 7) is 6.94. The van der Waals surface area contributed by atoms with E-state index in [4.69, 9.17) is 10.5 Å². The fourth-order valence-electron chi connectivity index (χ4n) is 2.72. The van der Waals surface area contributed by atoms with Crippen molar-refractivity contribution in [2.45, 2.75) is 51.4 Å². The molecule has 22 heavy (non-hydrogen) atoms. The Morgan fingerprint density at radius 3 is 2.45 bits per heavy atom. The lowest BCUT2D eigenvalue weighted by Crippen LogP contribution is -2.53. The van der Waals surface area contributed by atoms with Gasteiger partial charge in [-0.1, -0.05) is 0 Å². The zero-order valence-electron chi connectivity index (χ0n) is 13.4. The van der Waals surface area contributed by atoms with Crippen LogP contribution in [0.3, 0.4) is 0 Å². The molecule has 2 atom stereocenters. The smallest absolute Gasteiger partial charge is 0.407 e. The number of alkyl halides is 3. The van der Waals surface area contributed by atoms with Crippen molar-refractivity contribution in [2.24, 2.45) is 11.7 Å². The summed E-state index contributed by atoms with van der Waals surface area (Å²) in [6.07, 6.45) is -5.36. The highest BCUT2D eigenvalue weighted by Gasteiger charge is 2.37. The van der Waals surface area contributed by atoms with Gasteiger partial charge in [0.2, 0.25) is 0 Å². The number of ether oxygens (including phenoxy) is 1. The van der Waals surface area contributed by atoms with Crippen molar-refractivity contribution < 1.29 is 22.7 Å². The maximum absolute atomic E-state index is 12.6. The molecule has 0 spiro atoms. The van der Waals surface area contributed by atoms with Gasteiger partial charge in [-0.3, -0.25) is 4.90 Å². The molecule has 0 bridgehead atoms. The summed E-state index contributed by atoms with van der Waals surface area (Å²) in [7, 11) is 0. The summed E-state index contributed by atoms with van der Waals surface area (Å²) in [4.78, 5) is 13.6. The lowest BCUT2D eigenvalue weighted by molar-refractivity contribution is -0.148. The second-order valence-electron chi connectivity index (χ2n) is 6.81. The number of nitrogens with one attached hydrogen (secondary N) is 1. The Bertz CT molecular complexity index is 369. The minimum atomic E-state index is -4.20. The maximum atomic E-state index is 12.6. The molecule has 1 aliphatic heterocycles. The topological polar surface area (TPSA) is 67.6 Å². The molecule has 0 aromatic rings. The summed E-state index contributed by atoms with van der Waals surface area (Å²) in [6, 6.07) is -0.359. The van der Waals surface area contributed by atoms with Crippen LogP contribution in [0.1, 0.15) is 33.6 Å². The van der Waals surface area contributed by atoms with Crippen LogP contribution in [0.5, 0.6) is 0 Å². The lowest BCUT2D eigenvalue weighted by atomic mass is 9.91. The number of rotatable bonds is 4. The zero-order chi connectivity index (χ0) is 17.0. The fourth-order valence-corrected chi connectivity index (χ4v) is 2.72. The SMILES string of the molecule is CC(C)(C)OC(=O)NC1CC(CC(F)(F)F)CN(CCN)C1. The number of nitrogens with zero attached hydrogens (tertiary/aromatic N) is 1. The molecule has 1 rings (SSSR count). The molecule has 5 nitrogen and oxygen atoms in total. The third kappa shape index (κ3) is 7.84. The Morgan fingerprint density at radius 2 is 1.95 bits per heavy atom. The van der Waals surface area contributed by atoms with Crippen LogP contribution >= 0.6 is 0 Å². The van der Waals surface area contributed by atoms with E-state index in [1.165, 1.54) is 0 Å². The average molecular weight is 325 g/mol. The second kappa shape index (κ2) is 7.50. The van der Waals surface area contributed by atoms with E-state index in [1.54, 1.807) is 20.8 Å². The highest BCUT2D eigenvalue weighted by atomic mass is 19.4. The highest BCUT2D eigenvalue weighted by Crippen LogP contribution is 2.30. The van der Waals surface area contributed by atoms with E-state index < -0.39 is 30.2 Å². The third-order valence-corrected chi connectivity index (χ3v) is 3.30. The first-order chi connectivity index (χ1) is 9.98. The van der Waals surface area contributed by atoms with Crippen molar-refractivity contribution in [1.82, 2.24) is 10.2 Å². The average Bonchev–Trinajstić information content (AvgIpc) is 2.22. The van der Waals surface area contributed by atoms with Gasteiger partial charge in [-0.05, 0) is 33.1 Å². The van der Waals surface area contributed by atoms with Gasteiger partial charge in [-0.25, -0.2) is 4.79 Å². The van der Waals surface area contributed by atoms with Crippen molar-refractivity contribution in [2.75, 3.05) is 26.2 Å². The quantitative estimate of drug-likeness (QED) is 0.831. The lowest BCUT2D eigenvalue weighted by Gasteiger charge is -2.38. The molecule has 0 aromatic heterocycles. The highest BCUT2D eigenvalue weighted by molar-refractivity contribution is 5.68. The minimum Gasteiger partial charge on any atom is -0.444 e. The molecule has 8 heteroatoms. The van der Waals surface area contributed by atoms with Gasteiger partial charge in [-0.15, -0.1) is 0 Å². The normalized spacial score (nSPS) is 24.1. The van der Waals surface area contributed by atoms with Gasteiger partial charge >= 0.3 is 12.3 Å².